The van der Waals surface area contributed by atoms with Crippen molar-refractivity contribution in [3.8, 4) is 0 Å². The minimum Gasteiger partial charge on any atom is -0.266 e. The van der Waals surface area contributed by atoms with Crippen LogP contribution in [0.3, 0.4) is 0 Å². The van der Waals surface area contributed by atoms with Crippen LogP contribution >= 0.6 is 0 Å². The first-order valence-electron chi connectivity index (χ1n) is 14.2. The van der Waals surface area contributed by atoms with Gasteiger partial charge in [0.05, 0.1) is 11.5 Å². The van der Waals surface area contributed by atoms with Crippen LogP contribution in [0.5, 0.6) is 0 Å². The lowest BCUT2D eigenvalue weighted by atomic mass is 9.60. The molecule has 3 nitrogen and oxygen atoms in total. The largest absolute Gasteiger partial charge is 0.296 e. The van der Waals surface area contributed by atoms with Crippen LogP contribution in [-0.4, -0.2) is 15.0 Å². The molecule has 0 aliphatic heterocycles. The van der Waals surface area contributed by atoms with Crippen LogP contribution < -0.4 is 0 Å². The number of unbranched alkanes of at least 4 members (excludes halogenated alkanes) is 1. The fourth-order valence-corrected chi connectivity index (χ4v) is 8.27. The molecule has 0 heterocycles. The first-order chi connectivity index (χ1) is 17.2. The summed E-state index contributed by atoms with van der Waals surface area (Å²) in [4.78, 5) is 0.246. The maximum atomic E-state index is 12.4. The fourth-order valence-electron chi connectivity index (χ4n) is 7.33. The molecule has 0 spiro atoms. The molecule has 3 aliphatic rings. The van der Waals surface area contributed by atoms with Gasteiger partial charge in [0.15, 0.2) is 0 Å². The topological polar surface area (TPSA) is 43.4 Å². The molecule has 1 aromatic carbocycles. The van der Waals surface area contributed by atoms with Crippen molar-refractivity contribution in [2.75, 3.05) is 6.61 Å². The second kappa shape index (κ2) is 11.8. The monoisotopic (exact) mass is 510 g/mol. The van der Waals surface area contributed by atoms with Crippen LogP contribution in [0.15, 0.2) is 64.6 Å². The van der Waals surface area contributed by atoms with Crippen LogP contribution in [0.1, 0.15) is 96.5 Å². The second-order valence-corrected chi connectivity index (χ2v) is 13.5. The van der Waals surface area contributed by atoms with Gasteiger partial charge in [-0.15, -0.1) is 0 Å². The van der Waals surface area contributed by atoms with Crippen molar-refractivity contribution >= 4 is 10.1 Å². The van der Waals surface area contributed by atoms with Crippen molar-refractivity contribution in [1.82, 2.24) is 0 Å². The molecule has 4 rings (SSSR count). The van der Waals surface area contributed by atoms with Gasteiger partial charge in [-0.2, -0.15) is 8.42 Å². The van der Waals surface area contributed by atoms with E-state index >= 15 is 0 Å². The van der Waals surface area contributed by atoms with E-state index in [1.165, 1.54) is 68.9 Å². The summed E-state index contributed by atoms with van der Waals surface area (Å²) in [6, 6.07) is 6.86. The number of fused-ring (bicyclic) bond motifs is 1. The summed E-state index contributed by atoms with van der Waals surface area (Å²) >= 11 is 0. The lowest BCUT2D eigenvalue weighted by Crippen LogP contribution is -2.36. The number of hydrogen-bond donors (Lipinski definition) is 0. The van der Waals surface area contributed by atoms with Crippen molar-refractivity contribution in [1.29, 1.82) is 0 Å². The highest BCUT2D eigenvalue weighted by atomic mass is 32.2. The molecule has 4 atom stereocenters. The maximum absolute atomic E-state index is 12.4. The number of allylic oxidation sites excluding steroid dienone is 5. The summed E-state index contributed by atoms with van der Waals surface area (Å²) in [7, 11) is -3.66. The first-order valence-corrected chi connectivity index (χ1v) is 15.7. The third-order valence-electron chi connectivity index (χ3n) is 9.45. The summed E-state index contributed by atoms with van der Waals surface area (Å²) < 4.78 is 30.2. The van der Waals surface area contributed by atoms with E-state index in [1.54, 1.807) is 17.7 Å². The minimum atomic E-state index is -3.66. The first kappa shape index (κ1) is 27.4. The predicted molar refractivity (Wildman–Crippen MR) is 149 cm³/mol. The van der Waals surface area contributed by atoms with E-state index in [9.17, 15) is 8.42 Å². The smallest absolute Gasteiger partial charge is 0.266 e. The van der Waals surface area contributed by atoms with Crippen molar-refractivity contribution in [3.63, 3.8) is 0 Å². The standard InChI is InChI=1S/C32H46O3S/c1-24-14-18-29(19-15-24)36(33,34)35-23-8-7-11-26(3)30-20-21-31-28(13-9-22-32(30,31)4)17-16-27-12-6-5-10-25(27)2/h14-19,26,30-31H,2,5-13,20-23H2,1,3-4H3/b27-16-,28-17+/t26-,30?,31-,32+/m0/s1. The fraction of sp³-hybridized carbons (Fsp3) is 0.625. The highest BCUT2D eigenvalue weighted by Crippen LogP contribution is 2.59. The van der Waals surface area contributed by atoms with E-state index in [2.05, 4.69) is 32.6 Å². The van der Waals surface area contributed by atoms with Gasteiger partial charge < -0.3 is 0 Å². The number of hydrogen-bond acceptors (Lipinski definition) is 3. The zero-order valence-corrected chi connectivity index (χ0v) is 23.5. The number of benzene rings is 1. The third kappa shape index (κ3) is 6.25. The van der Waals surface area contributed by atoms with E-state index < -0.39 is 10.1 Å². The Morgan fingerprint density at radius 3 is 2.56 bits per heavy atom. The quantitative estimate of drug-likeness (QED) is 0.246. The van der Waals surface area contributed by atoms with Crippen molar-refractivity contribution in [2.24, 2.45) is 23.2 Å². The average Bonchev–Trinajstić information content (AvgIpc) is 3.21. The third-order valence-corrected chi connectivity index (χ3v) is 10.8. The minimum absolute atomic E-state index is 0.246. The SMILES string of the molecule is C=C1CCCC/C1=C/C=C1\CCC[C@]2(C)C([C@@H](C)CCCCOS(=O)(=O)c3ccc(C)cc3)CC[C@@H]12. The van der Waals surface area contributed by atoms with Gasteiger partial charge in [0, 0.05) is 0 Å². The molecule has 0 aromatic heterocycles. The Hall–Kier alpha value is -1.65. The van der Waals surface area contributed by atoms with Crippen LogP contribution in [0.2, 0.25) is 0 Å². The van der Waals surface area contributed by atoms with Gasteiger partial charge in [-0.05, 0) is 112 Å². The molecule has 36 heavy (non-hydrogen) atoms. The lowest BCUT2D eigenvalue weighted by Gasteiger charge is -2.44. The van der Waals surface area contributed by atoms with Gasteiger partial charge in [-0.25, -0.2) is 0 Å². The molecule has 0 saturated heterocycles. The Bertz CT molecular complexity index is 1080. The van der Waals surface area contributed by atoms with Gasteiger partial charge >= 0.3 is 0 Å². The van der Waals surface area contributed by atoms with Crippen LogP contribution in [-0.2, 0) is 14.3 Å². The Kier molecular flexibility index (Phi) is 8.99. The van der Waals surface area contributed by atoms with Gasteiger partial charge in [0.2, 0.25) is 0 Å². The van der Waals surface area contributed by atoms with E-state index in [0.29, 0.717) is 11.3 Å². The van der Waals surface area contributed by atoms with E-state index in [-0.39, 0.29) is 11.5 Å². The average molecular weight is 511 g/mol. The van der Waals surface area contributed by atoms with Crippen molar-refractivity contribution in [2.45, 2.75) is 103 Å². The molecule has 3 saturated carbocycles. The number of aryl methyl sites for hydroxylation is 1. The lowest BCUT2D eigenvalue weighted by molar-refractivity contribution is 0.0928. The maximum Gasteiger partial charge on any atom is 0.296 e. The Labute approximate surface area is 220 Å². The predicted octanol–water partition coefficient (Wildman–Crippen LogP) is 8.71. The molecule has 0 radical (unpaired) electrons. The van der Waals surface area contributed by atoms with E-state index in [0.717, 1.165) is 36.7 Å². The molecule has 3 fully saturated rings. The van der Waals surface area contributed by atoms with Gasteiger partial charge in [-0.1, -0.05) is 74.3 Å². The molecule has 0 N–H and O–H groups in total. The zero-order valence-electron chi connectivity index (χ0n) is 22.7. The molecule has 1 aromatic rings. The van der Waals surface area contributed by atoms with Crippen molar-refractivity contribution < 1.29 is 12.6 Å². The van der Waals surface area contributed by atoms with Gasteiger partial charge in [0.1, 0.15) is 0 Å². The normalized spacial score (nSPS) is 30.0. The van der Waals surface area contributed by atoms with E-state index in [4.69, 9.17) is 4.18 Å². The van der Waals surface area contributed by atoms with Crippen LogP contribution in [0, 0.1) is 30.1 Å². The van der Waals surface area contributed by atoms with E-state index in [1.807, 2.05) is 19.1 Å². The zero-order chi connectivity index (χ0) is 25.8. The summed E-state index contributed by atoms with van der Waals surface area (Å²) in [6.45, 7) is 11.5. The molecule has 0 bridgehead atoms. The molecule has 0 amide bonds. The molecule has 198 valence electrons. The Morgan fingerprint density at radius 1 is 1.06 bits per heavy atom. The summed E-state index contributed by atoms with van der Waals surface area (Å²) in [5.74, 6) is 2.13. The van der Waals surface area contributed by atoms with Gasteiger partial charge in [0.25, 0.3) is 10.1 Å². The molecule has 3 aliphatic carbocycles. The number of rotatable bonds is 9. The van der Waals surface area contributed by atoms with Crippen LogP contribution in [0.25, 0.3) is 0 Å². The van der Waals surface area contributed by atoms with Crippen molar-refractivity contribution in [3.05, 3.63) is 65.3 Å². The summed E-state index contributed by atoms with van der Waals surface area (Å²) in [5.41, 5.74) is 5.95. The highest BCUT2D eigenvalue weighted by molar-refractivity contribution is 7.86. The Balaban J connectivity index is 1.28. The molecular formula is C32H46O3S. The van der Waals surface area contributed by atoms with Crippen LogP contribution in [0.4, 0.5) is 0 Å². The highest BCUT2D eigenvalue weighted by Gasteiger charge is 2.50. The second-order valence-electron chi connectivity index (χ2n) is 11.9. The summed E-state index contributed by atoms with van der Waals surface area (Å²) in [5, 5.41) is 0. The molecule has 4 heteroatoms. The Morgan fingerprint density at radius 2 is 1.81 bits per heavy atom. The van der Waals surface area contributed by atoms with Gasteiger partial charge in [-0.3, -0.25) is 4.18 Å². The molecule has 1 unspecified atom stereocenters. The summed E-state index contributed by atoms with van der Waals surface area (Å²) in [6.07, 6.45) is 19.3. The molecular weight excluding hydrogens is 464 g/mol.